The average Bonchev–Trinajstić information content (AvgIpc) is 2.47. The van der Waals surface area contributed by atoms with E-state index in [2.05, 4.69) is 10.6 Å². The molecule has 6 nitrogen and oxygen atoms in total. The van der Waals surface area contributed by atoms with E-state index in [1.165, 1.54) is 12.1 Å². The third-order valence-corrected chi connectivity index (χ3v) is 4.52. The molecule has 1 rings (SSSR count). The molecule has 3 N–H and O–H groups in total. The van der Waals surface area contributed by atoms with E-state index >= 15 is 0 Å². The Morgan fingerprint density at radius 3 is 2.28 bits per heavy atom. The van der Waals surface area contributed by atoms with Crippen molar-refractivity contribution in [2.24, 2.45) is 11.8 Å². The van der Waals surface area contributed by atoms with Gasteiger partial charge in [-0.15, -0.1) is 0 Å². The average molecular weight is 369 g/mol. The van der Waals surface area contributed by atoms with Gasteiger partial charge in [0.05, 0.1) is 22.5 Å². The van der Waals surface area contributed by atoms with Crippen LogP contribution in [-0.4, -0.2) is 28.4 Å². The van der Waals surface area contributed by atoms with Crippen LogP contribution in [0.5, 0.6) is 0 Å². The predicted octanol–water partition coefficient (Wildman–Crippen LogP) is 3.55. The number of aliphatic carboxylic acids is 1. The minimum atomic E-state index is -0.999. The standard InChI is InChI=1S/C18H25ClN2O4/c1-10(2)16(24)20-12-6-7-14(19)13(8-12)17(25)21-18(5,11(3)4)9-15(22)23/h6-8,10-11H,9H2,1-5H3,(H,20,24)(H,21,25)(H,22,23). The lowest BCUT2D eigenvalue weighted by atomic mass is 9.85. The smallest absolute Gasteiger partial charge is 0.305 e. The van der Waals surface area contributed by atoms with Gasteiger partial charge in [0.15, 0.2) is 0 Å². The number of halogens is 1. The molecule has 1 unspecified atom stereocenters. The van der Waals surface area contributed by atoms with Crippen molar-refractivity contribution in [1.82, 2.24) is 5.32 Å². The second-order valence-electron chi connectivity index (χ2n) is 6.94. The number of anilines is 1. The van der Waals surface area contributed by atoms with Crippen LogP contribution in [0, 0.1) is 11.8 Å². The van der Waals surface area contributed by atoms with E-state index in [9.17, 15) is 14.4 Å². The Hall–Kier alpha value is -2.08. The van der Waals surface area contributed by atoms with Crippen LogP contribution in [0.15, 0.2) is 18.2 Å². The summed E-state index contributed by atoms with van der Waals surface area (Å²) >= 11 is 6.11. The fraction of sp³-hybridized carbons (Fsp3) is 0.500. The van der Waals surface area contributed by atoms with Crippen molar-refractivity contribution in [3.8, 4) is 0 Å². The summed E-state index contributed by atoms with van der Waals surface area (Å²) in [5.41, 5.74) is -0.290. The number of benzene rings is 1. The van der Waals surface area contributed by atoms with E-state index in [-0.39, 0.29) is 34.7 Å². The number of hydrogen-bond donors (Lipinski definition) is 3. The molecular formula is C18H25ClN2O4. The molecule has 0 spiro atoms. The number of hydrogen-bond acceptors (Lipinski definition) is 3. The van der Waals surface area contributed by atoms with Gasteiger partial charge in [0.2, 0.25) is 5.91 Å². The SMILES string of the molecule is CC(C)C(=O)Nc1ccc(Cl)c(C(=O)NC(C)(CC(=O)O)C(C)C)c1. The Bertz CT molecular complexity index is 673. The van der Waals surface area contributed by atoms with Crippen molar-refractivity contribution in [1.29, 1.82) is 0 Å². The van der Waals surface area contributed by atoms with Gasteiger partial charge >= 0.3 is 5.97 Å². The van der Waals surface area contributed by atoms with Gasteiger partial charge in [0, 0.05) is 11.6 Å². The Kier molecular flexibility index (Phi) is 6.99. The van der Waals surface area contributed by atoms with Gasteiger partial charge in [-0.1, -0.05) is 39.3 Å². The molecule has 0 aromatic heterocycles. The summed E-state index contributed by atoms with van der Waals surface area (Å²) < 4.78 is 0. The van der Waals surface area contributed by atoms with Crippen molar-refractivity contribution >= 4 is 35.1 Å². The molecule has 0 radical (unpaired) electrons. The first-order chi connectivity index (χ1) is 11.5. The number of carbonyl (C=O) groups is 3. The van der Waals surface area contributed by atoms with Crippen molar-refractivity contribution < 1.29 is 19.5 Å². The molecule has 0 saturated heterocycles. The van der Waals surface area contributed by atoms with Crippen molar-refractivity contribution in [3.63, 3.8) is 0 Å². The van der Waals surface area contributed by atoms with E-state index in [0.717, 1.165) is 0 Å². The fourth-order valence-corrected chi connectivity index (χ4v) is 2.30. The van der Waals surface area contributed by atoms with Crippen LogP contribution in [0.2, 0.25) is 5.02 Å². The highest BCUT2D eigenvalue weighted by atomic mass is 35.5. The van der Waals surface area contributed by atoms with E-state index in [0.29, 0.717) is 5.69 Å². The maximum Gasteiger partial charge on any atom is 0.305 e. The number of carboxylic acids is 1. The number of amides is 2. The van der Waals surface area contributed by atoms with Gasteiger partial charge in [0.1, 0.15) is 0 Å². The molecule has 1 aromatic rings. The second kappa shape index (κ2) is 8.34. The maximum absolute atomic E-state index is 12.6. The summed E-state index contributed by atoms with van der Waals surface area (Å²) in [5.74, 6) is -1.96. The van der Waals surface area contributed by atoms with Crippen LogP contribution in [-0.2, 0) is 9.59 Å². The molecule has 1 aromatic carbocycles. The maximum atomic E-state index is 12.6. The Morgan fingerprint density at radius 1 is 1.20 bits per heavy atom. The van der Waals surface area contributed by atoms with Crippen LogP contribution in [0.4, 0.5) is 5.69 Å². The summed E-state index contributed by atoms with van der Waals surface area (Å²) in [7, 11) is 0. The summed E-state index contributed by atoms with van der Waals surface area (Å²) in [6, 6.07) is 4.62. The molecule has 2 amide bonds. The van der Waals surface area contributed by atoms with Crippen LogP contribution < -0.4 is 10.6 Å². The lowest BCUT2D eigenvalue weighted by Gasteiger charge is -2.33. The number of carbonyl (C=O) groups excluding carboxylic acids is 2. The second-order valence-corrected chi connectivity index (χ2v) is 7.34. The van der Waals surface area contributed by atoms with E-state index in [1.807, 2.05) is 13.8 Å². The topological polar surface area (TPSA) is 95.5 Å². The zero-order valence-electron chi connectivity index (χ0n) is 15.1. The third kappa shape index (κ3) is 5.74. The molecular weight excluding hydrogens is 344 g/mol. The van der Waals surface area contributed by atoms with Gasteiger partial charge < -0.3 is 15.7 Å². The largest absolute Gasteiger partial charge is 0.481 e. The Morgan fingerprint density at radius 2 is 1.80 bits per heavy atom. The number of rotatable bonds is 7. The molecule has 0 bridgehead atoms. The zero-order chi connectivity index (χ0) is 19.4. The summed E-state index contributed by atoms with van der Waals surface area (Å²) in [4.78, 5) is 35.6. The van der Waals surface area contributed by atoms with Crippen molar-refractivity contribution in [2.75, 3.05) is 5.32 Å². The lowest BCUT2D eigenvalue weighted by molar-refractivity contribution is -0.139. The minimum absolute atomic E-state index is 0.102. The molecule has 0 saturated carbocycles. The highest BCUT2D eigenvalue weighted by Gasteiger charge is 2.33. The van der Waals surface area contributed by atoms with Crippen LogP contribution in [0.25, 0.3) is 0 Å². The van der Waals surface area contributed by atoms with Gasteiger partial charge in [-0.05, 0) is 31.0 Å². The van der Waals surface area contributed by atoms with Gasteiger partial charge in [-0.3, -0.25) is 14.4 Å². The molecule has 0 heterocycles. The molecule has 25 heavy (non-hydrogen) atoms. The van der Waals surface area contributed by atoms with Gasteiger partial charge in [-0.2, -0.15) is 0 Å². The Labute approximate surface area is 152 Å². The molecule has 0 aliphatic carbocycles. The normalized spacial score (nSPS) is 13.4. The van der Waals surface area contributed by atoms with Crippen molar-refractivity contribution in [3.05, 3.63) is 28.8 Å². The molecule has 1 atom stereocenters. The first kappa shape index (κ1) is 21.0. The minimum Gasteiger partial charge on any atom is -0.481 e. The monoisotopic (exact) mass is 368 g/mol. The van der Waals surface area contributed by atoms with E-state index in [4.69, 9.17) is 16.7 Å². The summed E-state index contributed by atoms with van der Waals surface area (Å²) in [6.07, 6.45) is -0.211. The predicted molar refractivity (Wildman–Crippen MR) is 97.9 cm³/mol. The highest BCUT2D eigenvalue weighted by Crippen LogP contribution is 2.25. The van der Waals surface area contributed by atoms with E-state index in [1.54, 1.807) is 26.8 Å². The first-order valence-corrected chi connectivity index (χ1v) is 8.48. The fourth-order valence-electron chi connectivity index (χ4n) is 2.10. The Balaban J connectivity index is 3.07. The quantitative estimate of drug-likeness (QED) is 0.685. The number of nitrogens with one attached hydrogen (secondary N) is 2. The zero-order valence-corrected chi connectivity index (χ0v) is 15.9. The lowest BCUT2D eigenvalue weighted by Crippen LogP contribution is -2.51. The molecule has 0 fully saturated rings. The number of carboxylic acid groups (broad SMARTS) is 1. The van der Waals surface area contributed by atoms with Crippen LogP contribution >= 0.6 is 11.6 Å². The highest BCUT2D eigenvalue weighted by molar-refractivity contribution is 6.34. The van der Waals surface area contributed by atoms with Gasteiger partial charge in [0.25, 0.3) is 5.91 Å². The molecule has 7 heteroatoms. The van der Waals surface area contributed by atoms with Crippen LogP contribution in [0.3, 0.4) is 0 Å². The summed E-state index contributed by atoms with van der Waals surface area (Å²) in [6.45, 7) is 8.88. The van der Waals surface area contributed by atoms with Crippen molar-refractivity contribution in [2.45, 2.75) is 46.6 Å². The molecule has 0 aliphatic rings. The molecule has 138 valence electrons. The van der Waals surface area contributed by atoms with Gasteiger partial charge in [-0.25, -0.2) is 0 Å². The van der Waals surface area contributed by atoms with Crippen LogP contribution in [0.1, 0.15) is 51.4 Å². The summed E-state index contributed by atoms with van der Waals surface area (Å²) in [5, 5.41) is 14.8. The molecule has 0 aliphatic heterocycles. The third-order valence-electron chi connectivity index (χ3n) is 4.19. The first-order valence-electron chi connectivity index (χ1n) is 8.11. The van der Waals surface area contributed by atoms with E-state index < -0.39 is 17.4 Å².